The maximum Gasteiger partial charge on any atom is 0.408 e. The molecule has 22 heavy (non-hydrogen) atoms. The minimum atomic E-state index is -4.38. The van der Waals surface area contributed by atoms with Crippen molar-refractivity contribution < 1.29 is 13.2 Å². The van der Waals surface area contributed by atoms with Gasteiger partial charge in [-0.15, -0.1) is 0 Å². The van der Waals surface area contributed by atoms with E-state index in [2.05, 4.69) is 20.6 Å². The molecule has 0 saturated carbocycles. The van der Waals surface area contributed by atoms with Gasteiger partial charge in [-0.1, -0.05) is 6.08 Å². The van der Waals surface area contributed by atoms with Gasteiger partial charge in [0.15, 0.2) is 0 Å². The summed E-state index contributed by atoms with van der Waals surface area (Å²) >= 11 is 0. The lowest BCUT2D eigenvalue weighted by Gasteiger charge is -2.19. The number of halogens is 3. The molecule has 2 aromatic heterocycles. The number of H-pyrrole nitrogens is 1. The van der Waals surface area contributed by atoms with Crippen LogP contribution >= 0.6 is 0 Å². The Kier molecular flexibility index (Phi) is 3.31. The second-order valence-corrected chi connectivity index (χ2v) is 5.02. The van der Waals surface area contributed by atoms with Crippen LogP contribution in [0.5, 0.6) is 0 Å². The van der Waals surface area contributed by atoms with Crippen molar-refractivity contribution in [1.29, 1.82) is 0 Å². The van der Waals surface area contributed by atoms with Crippen LogP contribution in [-0.4, -0.2) is 28.7 Å². The summed E-state index contributed by atoms with van der Waals surface area (Å²) in [5, 5.41) is 6.74. The average Bonchev–Trinajstić information content (AvgIpc) is 2.46. The molecule has 0 saturated heterocycles. The summed E-state index contributed by atoms with van der Waals surface area (Å²) < 4.78 is 38.3. The first-order chi connectivity index (χ1) is 10.4. The Morgan fingerprint density at radius 1 is 1.36 bits per heavy atom. The van der Waals surface area contributed by atoms with Crippen LogP contribution < -0.4 is 26.6 Å². The van der Waals surface area contributed by atoms with Gasteiger partial charge in [0.2, 0.25) is 0 Å². The standard InChI is InChI=1S/C14H13F3N4O/c1-7(14(15,16)17)20-12-8-2-4-18-6-9(8)11-10(21-12)3-5-19-13(11)22/h2-3,5-7,18H,4H2,1H3,(H,19,22)(H,20,21)/t7-/m0/s1. The number of nitrogens with one attached hydrogen (secondary N) is 3. The number of hydrogen-bond donors (Lipinski definition) is 3. The average molecular weight is 310 g/mol. The molecule has 116 valence electrons. The maximum absolute atomic E-state index is 12.8. The van der Waals surface area contributed by atoms with Gasteiger partial charge in [-0.05, 0) is 13.0 Å². The number of aromatic nitrogens is 2. The van der Waals surface area contributed by atoms with Gasteiger partial charge in [-0.3, -0.25) is 4.79 Å². The largest absolute Gasteiger partial charge is 0.408 e. The number of fused-ring (bicyclic) bond motifs is 3. The third-order valence-electron chi connectivity index (χ3n) is 3.50. The Bertz CT molecular complexity index is 901. The molecular weight excluding hydrogens is 297 g/mol. The number of hydrogen-bond acceptors (Lipinski definition) is 4. The van der Waals surface area contributed by atoms with Crippen molar-refractivity contribution in [1.82, 2.24) is 15.3 Å². The number of nitrogens with zero attached hydrogens (tertiary/aromatic N) is 1. The first-order valence-electron chi connectivity index (χ1n) is 6.66. The zero-order chi connectivity index (χ0) is 15.9. The highest BCUT2D eigenvalue weighted by molar-refractivity contribution is 5.81. The first-order valence-corrected chi connectivity index (χ1v) is 6.66. The number of aromatic amines is 1. The van der Waals surface area contributed by atoms with Crippen molar-refractivity contribution >= 4 is 29.0 Å². The summed E-state index contributed by atoms with van der Waals surface area (Å²) in [6.45, 7) is 1.49. The van der Waals surface area contributed by atoms with E-state index >= 15 is 0 Å². The second kappa shape index (κ2) is 5.04. The lowest BCUT2D eigenvalue weighted by atomic mass is 10.1. The quantitative estimate of drug-likeness (QED) is 0.751. The van der Waals surface area contributed by atoms with Crippen molar-refractivity contribution in [3.8, 4) is 0 Å². The van der Waals surface area contributed by atoms with E-state index in [1.54, 1.807) is 18.3 Å². The minimum absolute atomic E-state index is 0.121. The summed E-state index contributed by atoms with van der Waals surface area (Å²) in [5.74, 6) is 0.121. The molecule has 0 bridgehead atoms. The summed E-state index contributed by atoms with van der Waals surface area (Å²) in [4.78, 5) is 18.7. The molecule has 1 atom stereocenters. The van der Waals surface area contributed by atoms with Crippen molar-refractivity contribution in [3.63, 3.8) is 0 Å². The van der Waals surface area contributed by atoms with E-state index in [4.69, 9.17) is 0 Å². The summed E-state index contributed by atoms with van der Waals surface area (Å²) in [6, 6.07) is -0.185. The van der Waals surface area contributed by atoms with Gasteiger partial charge in [0.1, 0.15) is 11.9 Å². The molecule has 3 rings (SSSR count). The third kappa shape index (κ3) is 2.40. The highest BCUT2D eigenvalue weighted by Gasteiger charge is 2.36. The smallest absolute Gasteiger partial charge is 0.387 e. The number of anilines is 1. The molecule has 0 radical (unpaired) electrons. The maximum atomic E-state index is 12.8. The Balaban J connectivity index is 2.28. The van der Waals surface area contributed by atoms with Gasteiger partial charge in [-0.25, -0.2) is 4.98 Å². The molecular formula is C14H13F3N4O. The molecule has 1 aliphatic rings. The summed E-state index contributed by atoms with van der Waals surface area (Å²) in [6.07, 6.45) is 0.368. The summed E-state index contributed by atoms with van der Waals surface area (Å²) in [5.41, 5.74) is 0.0118. The first kappa shape index (κ1) is 14.4. The van der Waals surface area contributed by atoms with E-state index in [1.807, 2.05) is 0 Å². The van der Waals surface area contributed by atoms with Gasteiger partial charge < -0.3 is 15.6 Å². The normalized spacial score (nSPS) is 15.3. The SMILES string of the molecule is C[C@H](Nc1nc2cc[nH]c(=O)c2c2c1=CCNC=2)C(F)(F)F. The minimum Gasteiger partial charge on any atom is -0.387 e. The van der Waals surface area contributed by atoms with E-state index in [0.717, 1.165) is 6.92 Å². The molecule has 0 aliphatic carbocycles. The fourth-order valence-electron chi connectivity index (χ4n) is 2.34. The Morgan fingerprint density at radius 2 is 2.14 bits per heavy atom. The second-order valence-electron chi connectivity index (χ2n) is 5.02. The predicted octanol–water partition coefficient (Wildman–Crippen LogP) is 0.407. The van der Waals surface area contributed by atoms with Crippen LogP contribution in [0.1, 0.15) is 6.92 Å². The Morgan fingerprint density at radius 3 is 2.86 bits per heavy atom. The van der Waals surface area contributed by atoms with Gasteiger partial charge >= 0.3 is 6.18 Å². The van der Waals surface area contributed by atoms with Crippen LogP contribution in [-0.2, 0) is 0 Å². The molecule has 0 unspecified atom stereocenters. The molecule has 0 spiro atoms. The van der Waals surface area contributed by atoms with E-state index < -0.39 is 12.2 Å². The third-order valence-corrected chi connectivity index (χ3v) is 3.50. The Labute approximate surface area is 122 Å². The fourth-order valence-corrected chi connectivity index (χ4v) is 2.34. The lowest BCUT2D eigenvalue weighted by Crippen LogP contribution is -2.42. The van der Waals surface area contributed by atoms with Crippen LogP contribution in [0.2, 0.25) is 0 Å². The van der Waals surface area contributed by atoms with E-state index in [-0.39, 0.29) is 11.4 Å². The van der Waals surface area contributed by atoms with Crippen LogP contribution in [0.3, 0.4) is 0 Å². The van der Waals surface area contributed by atoms with Crippen molar-refractivity contribution in [2.24, 2.45) is 0 Å². The zero-order valence-electron chi connectivity index (χ0n) is 11.6. The van der Waals surface area contributed by atoms with Gasteiger partial charge in [0, 0.05) is 29.4 Å². The van der Waals surface area contributed by atoms with Crippen molar-refractivity contribution in [2.45, 2.75) is 19.1 Å². The molecule has 2 aromatic rings. The van der Waals surface area contributed by atoms with Crippen LogP contribution in [0.25, 0.3) is 23.2 Å². The van der Waals surface area contributed by atoms with E-state index in [0.29, 0.717) is 27.9 Å². The number of rotatable bonds is 2. The molecule has 8 heteroatoms. The molecule has 0 aromatic carbocycles. The highest BCUT2D eigenvalue weighted by atomic mass is 19.4. The van der Waals surface area contributed by atoms with Gasteiger partial charge in [-0.2, -0.15) is 13.2 Å². The van der Waals surface area contributed by atoms with Gasteiger partial charge in [0.25, 0.3) is 5.56 Å². The zero-order valence-corrected chi connectivity index (χ0v) is 11.6. The summed E-state index contributed by atoms with van der Waals surface area (Å²) in [7, 11) is 0. The van der Waals surface area contributed by atoms with Crippen LogP contribution in [0.4, 0.5) is 19.0 Å². The van der Waals surface area contributed by atoms with Crippen molar-refractivity contribution in [2.75, 3.05) is 11.9 Å². The topological polar surface area (TPSA) is 69.8 Å². The molecule has 0 fully saturated rings. The highest BCUT2D eigenvalue weighted by Crippen LogP contribution is 2.21. The van der Waals surface area contributed by atoms with Gasteiger partial charge in [0.05, 0.1) is 10.9 Å². The molecule has 5 nitrogen and oxygen atoms in total. The van der Waals surface area contributed by atoms with E-state index in [1.165, 1.54) is 6.20 Å². The van der Waals surface area contributed by atoms with Crippen LogP contribution in [0, 0.1) is 0 Å². The van der Waals surface area contributed by atoms with E-state index in [9.17, 15) is 18.0 Å². The van der Waals surface area contributed by atoms with Crippen molar-refractivity contribution in [3.05, 3.63) is 33.1 Å². The molecule has 3 heterocycles. The monoisotopic (exact) mass is 310 g/mol. The fraction of sp³-hybridized carbons (Fsp3) is 0.286. The van der Waals surface area contributed by atoms with Crippen LogP contribution in [0.15, 0.2) is 17.1 Å². The molecule has 0 amide bonds. The lowest BCUT2D eigenvalue weighted by molar-refractivity contribution is -0.138. The predicted molar refractivity (Wildman–Crippen MR) is 77.7 cm³/mol. The Hall–Kier alpha value is -2.51. The molecule has 1 aliphatic heterocycles. The number of pyridine rings is 2. The molecule has 3 N–H and O–H groups in total. The number of alkyl halides is 3.